The van der Waals surface area contributed by atoms with E-state index in [2.05, 4.69) is 9.88 Å². The third-order valence-electron chi connectivity index (χ3n) is 4.93. The van der Waals surface area contributed by atoms with E-state index in [1.807, 2.05) is 33.8 Å². The largest absolute Gasteiger partial charge is 0.483 e. The van der Waals surface area contributed by atoms with Gasteiger partial charge in [0.25, 0.3) is 18.9 Å². The predicted molar refractivity (Wildman–Crippen MR) is 109 cm³/mol. The molecule has 10 nitrogen and oxygen atoms in total. The summed E-state index contributed by atoms with van der Waals surface area (Å²) in [5.41, 5.74) is 1.57. The zero-order valence-electron chi connectivity index (χ0n) is 16.8. The number of rotatable bonds is 3. The summed E-state index contributed by atoms with van der Waals surface area (Å²) in [5.74, 6) is 0.0857. The molecule has 1 atom stereocenters. The van der Waals surface area contributed by atoms with Crippen LogP contribution in [0.15, 0.2) is 30.7 Å². The van der Waals surface area contributed by atoms with Crippen LogP contribution in [0.4, 0.5) is 0 Å². The molecule has 4 heterocycles. The summed E-state index contributed by atoms with van der Waals surface area (Å²) in [7, 11) is 0. The minimum atomic E-state index is -0.250. The first kappa shape index (κ1) is 23.3. The van der Waals surface area contributed by atoms with Crippen LogP contribution in [0.25, 0.3) is 5.65 Å². The lowest BCUT2D eigenvalue weighted by Crippen LogP contribution is -2.41. The van der Waals surface area contributed by atoms with Gasteiger partial charge in [0.2, 0.25) is 0 Å². The zero-order valence-corrected chi connectivity index (χ0v) is 16.8. The normalized spacial score (nSPS) is 19.1. The number of amides is 1. The van der Waals surface area contributed by atoms with Crippen LogP contribution in [-0.2, 0) is 14.3 Å². The molecular formula is C20H28N4O6. The number of likely N-dealkylation sites (tertiary alicyclic amines) is 1. The Balaban J connectivity index is 0.000000480. The van der Waals surface area contributed by atoms with Crippen LogP contribution < -0.4 is 0 Å². The maximum atomic E-state index is 12.9. The number of fused-ring (bicyclic) bond motifs is 1. The van der Waals surface area contributed by atoms with Crippen LogP contribution in [0.1, 0.15) is 29.6 Å². The molecule has 0 radical (unpaired) electrons. The van der Waals surface area contributed by atoms with Crippen molar-refractivity contribution >= 4 is 24.5 Å². The van der Waals surface area contributed by atoms with Crippen molar-refractivity contribution in [2.45, 2.75) is 25.4 Å². The molecule has 2 aliphatic heterocycles. The Morgan fingerprint density at radius 2 is 1.83 bits per heavy atom. The number of pyridine rings is 1. The minimum Gasteiger partial charge on any atom is -0.483 e. The molecule has 2 fully saturated rings. The standard InChI is InChI=1S/C18H24N4O2.2CH2O2/c23-18(15-4-5-17-19-6-10-21(17)12-15)22-9-3-11-24-16(14-22)13-20-7-1-2-8-20;2*2-1-3/h4-6,10,12,16H,1-3,7-9,11,13-14H2;2*1H,(H,2,3). The maximum Gasteiger partial charge on any atom is 0.290 e. The lowest BCUT2D eigenvalue weighted by Gasteiger charge is -2.27. The fourth-order valence-corrected chi connectivity index (χ4v) is 3.67. The molecule has 2 aliphatic rings. The SMILES string of the molecule is O=C(c1ccc2nccn2c1)N1CCCOC(CN2CCCC2)C1.O=CO.O=CO. The van der Waals surface area contributed by atoms with Gasteiger partial charge in [-0.15, -0.1) is 0 Å². The second-order valence-corrected chi connectivity index (χ2v) is 6.93. The Hall–Kier alpha value is -2.98. The molecule has 2 N–H and O–H groups in total. The van der Waals surface area contributed by atoms with E-state index in [0.717, 1.165) is 44.9 Å². The second kappa shape index (κ2) is 12.6. The van der Waals surface area contributed by atoms with Gasteiger partial charge in [-0.1, -0.05) is 0 Å². The molecule has 0 bridgehead atoms. The van der Waals surface area contributed by atoms with E-state index >= 15 is 0 Å². The van der Waals surface area contributed by atoms with E-state index in [-0.39, 0.29) is 25.0 Å². The Morgan fingerprint density at radius 3 is 2.53 bits per heavy atom. The molecule has 2 aromatic rings. The number of carboxylic acid groups (broad SMARTS) is 2. The van der Waals surface area contributed by atoms with Crippen LogP contribution in [0.5, 0.6) is 0 Å². The van der Waals surface area contributed by atoms with Gasteiger partial charge in [-0.3, -0.25) is 14.4 Å². The summed E-state index contributed by atoms with van der Waals surface area (Å²) in [4.78, 5) is 38.3. The summed E-state index contributed by atoms with van der Waals surface area (Å²) < 4.78 is 7.88. The fraction of sp³-hybridized carbons (Fsp3) is 0.500. The fourth-order valence-electron chi connectivity index (χ4n) is 3.67. The molecule has 0 saturated carbocycles. The summed E-state index contributed by atoms with van der Waals surface area (Å²) in [6.45, 7) is 4.93. The first-order valence-electron chi connectivity index (χ1n) is 9.84. The summed E-state index contributed by atoms with van der Waals surface area (Å²) >= 11 is 0. The van der Waals surface area contributed by atoms with Gasteiger partial charge < -0.3 is 29.2 Å². The van der Waals surface area contributed by atoms with Crippen molar-refractivity contribution in [2.24, 2.45) is 0 Å². The van der Waals surface area contributed by atoms with E-state index in [4.69, 9.17) is 24.5 Å². The number of carbonyl (C=O) groups is 3. The lowest BCUT2D eigenvalue weighted by molar-refractivity contribution is -0.123. The third-order valence-corrected chi connectivity index (χ3v) is 4.93. The monoisotopic (exact) mass is 420 g/mol. The quantitative estimate of drug-likeness (QED) is 0.707. The van der Waals surface area contributed by atoms with Gasteiger partial charge in [-0.05, 0) is 44.5 Å². The van der Waals surface area contributed by atoms with E-state index < -0.39 is 0 Å². The van der Waals surface area contributed by atoms with Crippen molar-refractivity contribution < 1.29 is 29.3 Å². The number of aromatic nitrogens is 2. The predicted octanol–water partition coefficient (Wildman–Crippen LogP) is 1.06. The smallest absolute Gasteiger partial charge is 0.290 e. The highest BCUT2D eigenvalue weighted by Crippen LogP contribution is 2.15. The number of hydrogen-bond donors (Lipinski definition) is 2. The molecule has 0 aromatic carbocycles. The number of carbonyl (C=O) groups excluding carboxylic acids is 1. The highest BCUT2D eigenvalue weighted by Gasteiger charge is 2.26. The van der Waals surface area contributed by atoms with Gasteiger partial charge in [-0.25, -0.2) is 4.98 Å². The molecule has 1 unspecified atom stereocenters. The minimum absolute atomic E-state index is 0.0857. The number of nitrogens with zero attached hydrogens (tertiary/aromatic N) is 4. The molecule has 4 rings (SSSR count). The van der Waals surface area contributed by atoms with Gasteiger partial charge in [0.05, 0.1) is 11.7 Å². The molecule has 30 heavy (non-hydrogen) atoms. The van der Waals surface area contributed by atoms with Crippen LogP contribution in [0.2, 0.25) is 0 Å². The average molecular weight is 420 g/mol. The average Bonchev–Trinajstić information content (AvgIpc) is 3.36. The molecule has 0 spiro atoms. The van der Waals surface area contributed by atoms with E-state index in [1.54, 1.807) is 6.20 Å². The van der Waals surface area contributed by atoms with Gasteiger partial charge >= 0.3 is 0 Å². The Kier molecular flexibility index (Phi) is 9.75. The summed E-state index contributed by atoms with van der Waals surface area (Å²) in [6, 6.07) is 3.76. The van der Waals surface area contributed by atoms with Crippen LogP contribution in [-0.4, -0.2) is 93.7 Å². The van der Waals surface area contributed by atoms with Crippen molar-refractivity contribution in [3.8, 4) is 0 Å². The van der Waals surface area contributed by atoms with E-state index in [0.29, 0.717) is 12.1 Å². The number of ether oxygens (including phenoxy) is 1. The molecule has 10 heteroatoms. The highest BCUT2D eigenvalue weighted by molar-refractivity contribution is 5.94. The van der Waals surface area contributed by atoms with Crippen molar-refractivity contribution in [2.75, 3.05) is 39.3 Å². The first-order valence-corrected chi connectivity index (χ1v) is 9.84. The van der Waals surface area contributed by atoms with E-state index in [1.165, 1.54) is 12.8 Å². The van der Waals surface area contributed by atoms with Gasteiger partial charge in [0, 0.05) is 44.8 Å². The first-order chi connectivity index (χ1) is 14.6. The van der Waals surface area contributed by atoms with Crippen molar-refractivity contribution in [1.82, 2.24) is 19.2 Å². The number of imidazole rings is 1. The molecule has 0 aliphatic carbocycles. The van der Waals surface area contributed by atoms with Gasteiger partial charge in [0.15, 0.2) is 0 Å². The Bertz CT molecular complexity index is 799. The second-order valence-electron chi connectivity index (χ2n) is 6.93. The molecule has 1 amide bonds. The van der Waals surface area contributed by atoms with Gasteiger partial charge in [0.1, 0.15) is 5.65 Å². The van der Waals surface area contributed by atoms with Crippen molar-refractivity contribution in [3.63, 3.8) is 0 Å². The number of hydrogen-bond acceptors (Lipinski definition) is 6. The van der Waals surface area contributed by atoms with Gasteiger partial charge in [-0.2, -0.15) is 0 Å². The maximum absolute atomic E-state index is 12.9. The summed E-state index contributed by atoms with van der Waals surface area (Å²) in [6.07, 6.45) is 9.05. The van der Waals surface area contributed by atoms with Crippen molar-refractivity contribution in [1.29, 1.82) is 0 Å². The zero-order chi connectivity index (χ0) is 21.8. The van der Waals surface area contributed by atoms with Crippen LogP contribution >= 0.6 is 0 Å². The Labute approximate surface area is 174 Å². The molecule has 164 valence electrons. The van der Waals surface area contributed by atoms with E-state index in [9.17, 15) is 4.79 Å². The Morgan fingerprint density at radius 1 is 1.13 bits per heavy atom. The highest BCUT2D eigenvalue weighted by atomic mass is 16.5. The van der Waals surface area contributed by atoms with Crippen LogP contribution in [0.3, 0.4) is 0 Å². The van der Waals surface area contributed by atoms with Crippen LogP contribution in [0, 0.1) is 0 Å². The topological polar surface area (TPSA) is 125 Å². The molecule has 2 aromatic heterocycles. The van der Waals surface area contributed by atoms with Crippen molar-refractivity contribution in [3.05, 3.63) is 36.3 Å². The summed E-state index contributed by atoms with van der Waals surface area (Å²) in [5, 5.41) is 13.8. The molecular weight excluding hydrogens is 392 g/mol. The third kappa shape index (κ3) is 6.82. The lowest BCUT2D eigenvalue weighted by atomic mass is 10.2. The molecule has 2 saturated heterocycles.